The molecule has 3 aromatic carbocycles. The maximum absolute atomic E-state index is 13.3. The molecular formula is C26H24FN3O3. The van der Waals surface area contributed by atoms with Gasteiger partial charge in [-0.25, -0.2) is 4.39 Å². The molecule has 0 spiro atoms. The SMILES string of the molecule is C[C@H](C(=O)NCc1cccc(F)c1)C(=O)N[C@@H]1C(=O)N(C)c2ccccc2-c2ccccc21. The van der Waals surface area contributed by atoms with Crippen LogP contribution in [0.5, 0.6) is 0 Å². The van der Waals surface area contributed by atoms with Crippen molar-refractivity contribution in [2.75, 3.05) is 11.9 Å². The second-order valence-corrected chi connectivity index (χ2v) is 8.01. The van der Waals surface area contributed by atoms with E-state index < -0.39 is 29.6 Å². The van der Waals surface area contributed by atoms with E-state index in [0.717, 1.165) is 16.8 Å². The van der Waals surface area contributed by atoms with Crippen LogP contribution in [0.4, 0.5) is 10.1 Å². The Labute approximate surface area is 191 Å². The van der Waals surface area contributed by atoms with Gasteiger partial charge in [0.05, 0.1) is 5.69 Å². The van der Waals surface area contributed by atoms with E-state index in [1.54, 1.807) is 19.2 Å². The number of hydrogen-bond donors (Lipinski definition) is 2. The number of nitrogens with zero attached hydrogens (tertiary/aromatic N) is 1. The van der Waals surface area contributed by atoms with Crippen LogP contribution in [0.3, 0.4) is 0 Å². The molecule has 0 saturated carbocycles. The molecule has 168 valence electrons. The molecule has 33 heavy (non-hydrogen) atoms. The summed E-state index contributed by atoms with van der Waals surface area (Å²) in [6, 6.07) is 19.9. The highest BCUT2D eigenvalue weighted by Crippen LogP contribution is 2.39. The zero-order valence-corrected chi connectivity index (χ0v) is 18.3. The van der Waals surface area contributed by atoms with Gasteiger partial charge in [-0.1, -0.05) is 54.6 Å². The van der Waals surface area contributed by atoms with E-state index in [9.17, 15) is 18.8 Å². The van der Waals surface area contributed by atoms with Gasteiger partial charge in [0.15, 0.2) is 0 Å². The summed E-state index contributed by atoms with van der Waals surface area (Å²) in [6.07, 6.45) is 0. The monoisotopic (exact) mass is 445 g/mol. The van der Waals surface area contributed by atoms with Crippen LogP contribution in [0, 0.1) is 11.7 Å². The van der Waals surface area contributed by atoms with Crippen LogP contribution in [0.15, 0.2) is 72.8 Å². The summed E-state index contributed by atoms with van der Waals surface area (Å²) in [5.41, 5.74) is 3.73. The molecule has 0 bridgehead atoms. The number of anilines is 1. The number of benzene rings is 3. The van der Waals surface area contributed by atoms with Crippen LogP contribution in [-0.4, -0.2) is 24.8 Å². The molecule has 0 fully saturated rings. The smallest absolute Gasteiger partial charge is 0.253 e. The summed E-state index contributed by atoms with van der Waals surface area (Å²) in [5.74, 6) is -2.83. The zero-order chi connectivity index (χ0) is 23.5. The number of likely N-dealkylation sites (N-methyl/N-ethyl adjacent to an activating group) is 1. The van der Waals surface area contributed by atoms with Crippen molar-refractivity contribution >= 4 is 23.4 Å². The molecule has 1 aliphatic heterocycles. The first-order chi connectivity index (χ1) is 15.9. The molecule has 3 aromatic rings. The molecule has 3 amide bonds. The maximum atomic E-state index is 13.3. The molecule has 0 unspecified atom stereocenters. The Bertz CT molecular complexity index is 1230. The largest absolute Gasteiger partial charge is 0.351 e. The summed E-state index contributed by atoms with van der Waals surface area (Å²) < 4.78 is 13.3. The van der Waals surface area contributed by atoms with Crippen molar-refractivity contribution in [2.24, 2.45) is 5.92 Å². The Kier molecular flexibility index (Phi) is 6.22. The van der Waals surface area contributed by atoms with Crippen LogP contribution in [0.1, 0.15) is 24.1 Å². The van der Waals surface area contributed by atoms with Gasteiger partial charge in [-0.2, -0.15) is 0 Å². The fraction of sp³-hybridized carbons (Fsp3) is 0.192. The molecule has 1 heterocycles. The van der Waals surface area contributed by atoms with E-state index in [1.807, 2.05) is 48.5 Å². The molecular weight excluding hydrogens is 421 g/mol. The lowest BCUT2D eigenvalue weighted by atomic mass is 9.95. The number of rotatable bonds is 5. The van der Waals surface area contributed by atoms with Crippen molar-refractivity contribution < 1.29 is 18.8 Å². The lowest BCUT2D eigenvalue weighted by molar-refractivity contribution is -0.136. The number of nitrogens with one attached hydrogen (secondary N) is 2. The van der Waals surface area contributed by atoms with Gasteiger partial charge in [0.1, 0.15) is 17.8 Å². The van der Waals surface area contributed by atoms with Gasteiger partial charge >= 0.3 is 0 Å². The minimum atomic E-state index is -1.05. The van der Waals surface area contributed by atoms with E-state index in [2.05, 4.69) is 10.6 Å². The highest BCUT2D eigenvalue weighted by atomic mass is 19.1. The number of para-hydroxylation sites is 1. The molecule has 2 N–H and O–H groups in total. The minimum Gasteiger partial charge on any atom is -0.351 e. The molecule has 1 aliphatic rings. The Balaban J connectivity index is 1.53. The number of fused-ring (bicyclic) bond motifs is 3. The first kappa shape index (κ1) is 22.2. The third-order valence-corrected chi connectivity index (χ3v) is 5.83. The van der Waals surface area contributed by atoms with E-state index in [4.69, 9.17) is 0 Å². The van der Waals surface area contributed by atoms with Crippen molar-refractivity contribution in [3.63, 3.8) is 0 Å². The van der Waals surface area contributed by atoms with Crippen molar-refractivity contribution in [3.05, 3.63) is 89.7 Å². The van der Waals surface area contributed by atoms with Gasteiger partial charge in [-0.3, -0.25) is 14.4 Å². The molecule has 0 radical (unpaired) electrons. The average Bonchev–Trinajstić information content (AvgIpc) is 2.92. The van der Waals surface area contributed by atoms with Crippen LogP contribution >= 0.6 is 0 Å². The second-order valence-electron chi connectivity index (χ2n) is 8.01. The Morgan fingerprint density at radius 2 is 1.67 bits per heavy atom. The fourth-order valence-electron chi connectivity index (χ4n) is 3.95. The number of amides is 3. The van der Waals surface area contributed by atoms with Crippen LogP contribution in [0.25, 0.3) is 11.1 Å². The average molecular weight is 445 g/mol. The zero-order valence-electron chi connectivity index (χ0n) is 18.3. The van der Waals surface area contributed by atoms with Gasteiger partial charge in [-0.05, 0) is 41.8 Å². The van der Waals surface area contributed by atoms with Gasteiger partial charge < -0.3 is 15.5 Å². The maximum Gasteiger partial charge on any atom is 0.253 e. The van der Waals surface area contributed by atoms with E-state index in [0.29, 0.717) is 11.1 Å². The van der Waals surface area contributed by atoms with E-state index in [1.165, 1.54) is 24.0 Å². The quantitative estimate of drug-likeness (QED) is 0.590. The number of halogens is 1. The number of carbonyl (C=O) groups excluding carboxylic acids is 3. The van der Waals surface area contributed by atoms with E-state index >= 15 is 0 Å². The first-order valence-electron chi connectivity index (χ1n) is 10.6. The number of hydrogen-bond acceptors (Lipinski definition) is 3. The van der Waals surface area contributed by atoms with Gasteiger partial charge in [-0.15, -0.1) is 0 Å². The molecule has 0 saturated heterocycles. The topological polar surface area (TPSA) is 78.5 Å². The molecule has 2 atom stereocenters. The number of carbonyl (C=O) groups is 3. The fourth-order valence-corrected chi connectivity index (χ4v) is 3.95. The first-order valence-corrected chi connectivity index (χ1v) is 10.6. The lowest BCUT2D eigenvalue weighted by Gasteiger charge is -2.24. The third kappa shape index (κ3) is 4.48. The highest BCUT2D eigenvalue weighted by Gasteiger charge is 2.34. The predicted octanol–water partition coefficient (Wildman–Crippen LogP) is 3.58. The Morgan fingerprint density at radius 3 is 2.42 bits per heavy atom. The summed E-state index contributed by atoms with van der Waals surface area (Å²) >= 11 is 0. The molecule has 0 aliphatic carbocycles. The van der Waals surface area contributed by atoms with Crippen molar-refractivity contribution in [1.29, 1.82) is 0 Å². The van der Waals surface area contributed by atoms with E-state index in [-0.39, 0.29) is 12.5 Å². The van der Waals surface area contributed by atoms with Gasteiger partial charge in [0.25, 0.3) is 5.91 Å². The summed E-state index contributed by atoms with van der Waals surface area (Å²) in [5, 5.41) is 5.42. The highest BCUT2D eigenvalue weighted by molar-refractivity contribution is 6.07. The Hall–Kier alpha value is -4.00. The second kappa shape index (κ2) is 9.24. The summed E-state index contributed by atoms with van der Waals surface area (Å²) in [4.78, 5) is 40.4. The molecule has 6 nitrogen and oxygen atoms in total. The van der Waals surface area contributed by atoms with Crippen LogP contribution in [0.2, 0.25) is 0 Å². The third-order valence-electron chi connectivity index (χ3n) is 5.83. The van der Waals surface area contributed by atoms with Crippen LogP contribution < -0.4 is 15.5 Å². The Morgan fingerprint density at radius 1 is 0.970 bits per heavy atom. The lowest BCUT2D eigenvalue weighted by Crippen LogP contribution is -2.45. The predicted molar refractivity (Wildman–Crippen MR) is 124 cm³/mol. The van der Waals surface area contributed by atoms with Crippen LogP contribution in [-0.2, 0) is 20.9 Å². The molecule has 4 rings (SSSR count). The van der Waals surface area contributed by atoms with Gasteiger partial charge in [0, 0.05) is 19.2 Å². The minimum absolute atomic E-state index is 0.0947. The van der Waals surface area contributed by atoms with Crippen molar-refractivity contribution in [3.8, 4) is 11.1 Å². The summed E-state index contributed by atoms with van der Waals surface area (Å²) in [7, 11) is 1.67. The molecule has 0 aromatic heterocycles. The normalized spacial score (nSPS) is 15.7. The van der Waals surface area contributed by atoms with Crippen molar-refractivity contribution in [1.82, 2.24) is 10.6 Å². The summed E-state index contributed by atoms with van der Waals surface area (Å²) in [6.45, 7) is 1.57. The molecule has 7 heteroatoms. The van der Waals surface area contributed by atoms with Crippen molar-refractivity contribution in [2.45, 2.75) is 19.5 Å². The standard InChI is InChI=1S/C26H24FN3O3/c1-16(24(31)28-15-17-8-7-9-18(27)14-17)25(32)29-23-21-12-4-3-10-19(21)20-11-5-6-13-22(20)30(2)26(23)33/h3-14,16,23H,15H2,1-2H3,(H,28,31)(H,29,32)/t16-,23+/m1/s1. The van der Waals surface area contributed by atoms with Gasteiger partial charge in [0.2, 0.25) is 11.8 Å².